The average molecular weight is 195 g/mol. The Morgan fingerprint density at radius 1 is 1.57 bits per heavy atom. The van der Waals surface area contributed by atoms with Crippen molar-refractivity contribution in [3.05, 3.63) is 11.8 Å². The summed E-state index contributed by atoms with van der Waals surface area (Å²) in [6, 6.07) is 0. The van der Waals surface area contributed by atoms with Crippen LogP contribution < -0.4 is 5.73 Å². The average Bonchev–Trinajstić information content (AvgIpc) is 2.46. The zero-order chi connectivity index (χ0) is 10.8. The molecule has 3 N–H and O–H groups in total. The number of nitrogen functional groups attached to an aromatic ring is 1. The smallest absolute Gasteiger partial charge is 0.168 e. The highest BCUT2D eigenvalue weighted by Gasteiger charge is 2.16. The van der Waals surface area contributed by atoms with Gasteiger partial charge < -0.3 is 5.73 Å². The predicted octanol–water partition coefficient (Wildman–Crippen LogP) is 2.00. The van der Waals surface area contributed by atoms with Gasteiger partial charge in [0.15, 0.2) is 5.78 Å². The third-order valence-electron chi connectivity index (χ3n) is 2.07. The Bertz CT molecular complexity index is 322. The van der Waals surface area contributed by atoms with Crippen LogP contribution in [-0.2, 0) is 0 Å². The maximum absolute atomic E-state index is 11.6. The van der Waals surface area contributed by atoms with E-state index < -0.39 is 0 Å². The van der Waals surface area contributed by atoms with Crippen molar-refractivity contribution in [3.63, 3.8) is 0 Å². The minimum Gasteiger partial charge on any atom is -0.383 e. The van der Waals surface area contributed by atoms with Crippen LogP contribution in [0.1, 0.15) is 44.0 Å². The number of H-pyrrole nitrogens is 1. The lowest BCUT2D eigenvalue weighted by Crippen LogP contribution is -2.09. The van der Waals surface area contributed by atoms with E-state index in [1.54, 1.807) is 0 Å². The molecule has 0 aromatic carbocycles. The Labute approximate surface area is 83.9 Å². The van der Waals surface area contributed by atoms with Crippen LogP contribution in [0.25, 0.3) is 0 Å². The highest BCUT2D eigenvalue weighted by Crippen LogP contribution is 2.22. The third kappa shape index (κ3) is 2.87. The van der Waals surface area contributed by atoms with E-state index in [0.717, 1.165) is 6.42 Å². The number of hydrogen-bond donors (Lipinski definition) is 2. The van der Waals surface area contributed by atoms with Crippen molar-refractivity contribution in [2.75, 3.05) is 5.73 Å². The lowest BCUT2D eigenvalue weighted by atomic mass is 9.89. The van der Waals surface area contributed by atoms with E-state index in [4.69, 9.17) is 5.73 Å². The van der Waals surface area contributed by atoms with Gasteiger partial charge in [-0.25, -0.2) is 0 Å². The fourth-order valence-electron chi connectivity index (χ4n) is 1.14. The van der Waals surface area contributed by atoms with Crippen molar-refractivity contribution in [2.24, 2.45) is 5.41 Å². The van der Waals surface area contributed by atoms with Gasteiger partial charge in [0.05, 0.1) is 11.8 Å². The lowest BCUT2D eigenvalue weighted by molar-refractivity contribution is 0.0967. The summed E-state index contributed by atoms with van der Waals surface area (Å²) in [7, 11) is 0. The molecule has 0 bridgehead atoms. The second-order valence-electron chi connectivity index (χ2n) is 4.68. The molecule has 0 spiro atoms. The SMILES string of the molecule is CC(C)(C)CCC(=O)c1cn[nH]c1N. The van der Waals surface area contributed by atoms with Crippen molar-refractivity contribution in [1.29, 1.82) is 0 Å². The molecule has 0 aliphatic carbocycles. The number of rotatable bonds is 3. The quantitative estimate of drug-likeness (QED) is 0.724. The van der Waals surface area contributed by atoms with Gasteiger partial charge in [0.1, 0.15) is 5.82 Å². The molecule has 1 heterocycles. The second-order valence-corrected chi connectivity index (χ2v) is 4.68. The summed E-state index contributed by atoms with van der Waals surface area (Å²) in [6.07, 6.45) is 2.87. The summed E-state index contributed by atoms with van der Waals surface area (Å²) in [5.41, 5.74) is 6.23. The Balaban J connectivity index is 2.56. The van der Waals surface area contributed by atoms with Gasteiger partial charge in [0.2, 0.25) is 0 Å². The summed E-state index contributed by atoms with van der Waals surface area (Å²) < 4.78 is 0. The van der Waals surface area contributed by atoms with Crippen LogP contribution in [-0.4, -0.2) is 16.0 Å². The number of carbonyl (C=O) groups is 1. The van der Waals surface area contributed by atoms with Gasteiger partial charge in [-0.15, -0.1) is 0 Å². The minimum atomic E-state index is 0.0613. The number of anilines is 1. The normalized spacial score (nSPS) is 11.6. The Morgan fingerprint density at radius 3 is 2.64 bits per heavy atom. The molecule has 1 aromatic heterocycles. The number of carbonyl (C=O) groups excluding carboxylic acids is 1. The Kier molecular flexibility index (Phi) is 2.93. The van der Waals surface area contributed by atoms with Gasteiger partial charge in [0.25, 0.3) is 0 Å². The van der Waals surface area contributed by atoms with Crippen molar-refractivity contribution >= 4 is 11.6 Å². The molecule has 4 heteroatoms. The number of nitrogens with one attached hydrogen (secondary N) is 1. The van der Waals surface area contributed by atoms with Gasteiger partial charge in [0, 0.05) is 6.42 Å². The molecule has 1 aromatic rings. The molecule has 0 saturated heterocycles. The first-order valence-corrected chi connectivity index (χ1v) is 4.72. The van der Waals surface area contributed by atoms with Gasteiger partial charge in [-0.2, -0.15) is 5.10 Å². The summed E-state index contributed by atoms with van der Waals surface area (Å²) in [5, 5.41) is 6.27. The molecular weight excluding hydrogens is 178 g/mol. The standard InChI is InChI=1S/C10H17N3O/c1-10(2,3)5-4-8(14)7-6-12-13-9(7)11/h6H,4-5H2,1-3H3,(H3,11,12,13). The van der Waals surface area contributed by atoms with Crippen molar-refractivity contribution in [1.82, 2.24) is 10.2 Å². The number of aromatic nitrogens is 2. The molecule has 0 saturated carbocycles. The van der Waals surface area contributed by atoms with E-state index in [1.807, 2.05) is 0 Å². The van der Waals surface area contributed by atoms with Crippen LogP contribution in [0.15, 0.2) is 6.20 Å². The molecule has 1 rings (SSSR count). The molecule has 78 valence electrons. The topological polar surface area (TPSA) is 71.8 Å². The predicted molar refractivity (Wildman–Crippen MR) is 56.0 cm³/mol. The summed E-state index contributed by atoms with van der Waals surface area (Å²) in [5.74, 6) is 0.426. The van der Waals surface area contributed by atoms with E-state index in [9.17, 15) is 4.79 Å². The molecule has 0 unspecified atom stereocenters. The number of Topliss-reactive ketones (excluding diaryl/α,β-unsaturated/α-hetero) is 1. The first kappa shape index (κ1) is 10.8. The maximum Gasteiger partial charge on any atom is 0.168 e. The van der Waals surface area contributed by atoms with Crippen LogP contribution in [0.2, 0.25) is 0 Å². The van der Waals surface area contributed by atoms with Crippen LogP contribution in [0.4, 0.5) is 5.82 Å². The highest BCUT2D eigenvalue weighted by molar-refractivity contribution is 5.99. The number of nitrogens with two attached hydrogens (primary N) is 1. The van der Waals surface area contributed by atoms with Gasteiger partial charge in [-0.05, 0) is 11.8 Å². The molecule has 0 aliphatic heterocycles. The molecule has 4 nitrogen and oxygen atoms in total. The van der Waals surface area contributed by atoms with Crippen LogP contribution in [0.3, 0.4) is 0 Å². The second kappa shape index (κ2) is 3.82. The van der Waals surface area contributed by atoms with Crippen molar-refractivity contribution in [3.8, 4) is 0 Å². The maximum atomic E-state index is 11.6. The Hall–Kier alpha value is -1.32. The molecular formula is C10H17N3O. The molecule has 0 atom stereocenters. The van der Waals surface area contributed by atoms with E-state index in [-0.39, 0.29) is 11.2 Å². The first-order chi connectivity index (χ1) is 6.40. The number of aromatic amines is 1. The van der Waals surface area contributed by atoms with Crippen LogP contribution in [0.5, 0.6) is 0 Å². The zero-order valence-electron chi connectivity index (χ0n) is 8.92. The van der Waals surface area contributed by atoms with E-state index in [2.05, 4.69) is 31.0 Å². The number of hydrogen-bond acceptors (Lipinski definition) is 3. The Morgan fingerprint density at radius 2 is 2.21 bits per heavy atom. The summed E-state index contributed by atoms with van der Waals surface area (Å²) in [4.78, 5) is 11.6. The zero-order valence-corrected chi connectivity index (χ0v) is 8.92. The molecule has 14 heavy (non-hydrogen) atoms. The first-order valence-electron chi connectivity index (χ1n) is 4.72. The number of nitrogens with zero attached hydrogens (tertiary/aromatic N) is 1. The lowest BCUT2D eigenvalue weighted by Gasteiger charge is -2.16. The third-order valence-corrected chi connectivity index (χ3v) is 2.07. The molecule has 0 aliphatic rings. The molecule has 0 fully saturated rings. The monoisotopic (exact) mass is 195 g/mol. The molecule has 0 radical (unpaired) electrons. The van der Waals surface area contributed by atoms with E-state index in [0.29, 0.717) is 17.8 Å². The van der Waals surface area contributed by atoms with Crippen LogP contribution in [0, 0.1) is 5.41 Å². The van der Waals surface area contributed by atoms with Crippen LogP contribution >= 0.6 is 0 Å². The van der Waals surface area contributed by atoms with Gasteiger partial charge >= 0.3 is 0 Å². The fraction of sp³-hybridized carbons (Fsp3) is 0.600. The summed E-state index contributed by atoms with van der Waals surface area (Å²) >= 11 is 0. The van der Waals surface area contributed by atoms with Gasteiger partial charge in [-0.1, -0.05) is 20.8 Å². The highest BCUT2D eigenvalue weighted by atomic mass is 16.1. The largest absolute Gasteiger partial charge is 0.383 e. The molecule has 0 amide bonds. The van der Waals surface area contributed by atoms with Crippen molar-refractivity contribution < 1.29 is 4.79 Å². The summed E-state index contributed by atoms with van der Waals surface area (Å²) in [6.45, 7) is 6.33. The van der Waals surface area contributed by atoms with E-state index in [1.165, 1.54) is 6.20 Å². The van der Waals surface area contributed by atoms with Crippen molar-refractivity contribution in [2.45, 2.75) is 33.6 Å². The minimum absolute atomic E-state index is 0.0613. The van der Waals surface area contributed by atoms with E-state index >= 15 is 0 Å². The van der Waals surface area contributed by atoms with Gasteiger partial charge in [-0.3, -0.25) is 9.89 Å². The fourth-order valence-corrected chi connectivity index (χ4v) is 1.14. The number of ketones is 1.